The monoisotopic (exact) mass is 300 g/mol. The Hall–Kier alpha value is 3.60. The van der Waals surface area contributed by atoms with Gasteiger partial charge in [-0.1, -0.05) is 0 Å². The molecule has 0 fully saturated rings. The van der Waals surface area contributed by atoms with Gasteiger partial charge in [-0.25, -0.2) is 0 Å². The van der Waals surface area contributed by atoms with Crippen molar-refractivity contribution in [1.29, 1.82) is 0 Å². The van der Waals surface area contributed by atoms with E-state index in [0.717, 1.165) is 0 Å². The summed E-state index contributed by atoms with van der Waals surface area (Å²) in [6, 6.07) is 0. The Bertz CT molecular complexity index is 122. The van der Waals surface area contributed by atoms with Crippen molar-refractivity contribution in [2.24, 2.45) is 0 Å². The quantitative estimate of drug-likeness (QED) is 0.315. The van der Waals surface area contributed by atoms with Crippen LogP contribution in [0.1, 0.15) is 0 Å². The summed E-state index contributed by atoms with van der Waals surface area (Å²) < 4.78 is 21.6. The average molecular weight is 301 g/mol. The van der Waals surface area contributed by atoms with Crippen LogP contribution >= 0.6 is 28.1 Å². The van der Waals surface area contributed by atoms with E-state index < -0.39 is 16.5 Å². The Labute approximate surface area is 168 Å². The zero-order valence-corrected chi connectivity index (χ0v) is 16.0. The minimum Gasteiger partial charge on any atom is -0.563 e. The van der Waals surface area contributed by atoms with Gasteiger partial charge in [0.2, 0.25) is 0 Å². The maximum atomic E-state index is 9.24. The van der Waals surface area contributed by atoms with Gasteiger partial charge in [0.1, 0.15) is 4.31 Å². The van der Waals surface area contributed by atoms with Crippen LogP contribution in [0.4, 0.5) is 0 Å². The molecule has 1 N–H and O–H groups in total. The molecular weight excluding hydrogens is 296 g/mol. The summed E-state index contributed by atoms with van der Waals surface area (Å²) in [6.07, 6.45) is 0. The van der Waals surface area contributed by atoms with Gasteiger partial charge < -0.3 is 14.9 Å². The molecule has 0 rings (SSSR count). The normalized spacial score (nSPS) is 9.54. The van der Waals surface area contributed by atoms with Crippen LogP contribution in [-0.2, 0) is 13.4 Å². The first-order chi connectivity index (χ1) is 5.04. The molecule has 0 aromatic carbocycles. The van der Waals surface area contributed by atoms with E-state index in [4.69, 9.17) is 16.7 Å². The van der Waals surface area contributed by atoms with Crippen molar-refractivity contribution >= 4 is 28.1 Å². The first-order valence-electron chi connectivity index (χ1n) is 2.18. The summed E-state index contributed by atoms with van der Waals surface area (Å²) in [4.78, 5) is 18.5. The molecule has 0 aliphatic heterocycles. The second-order valence-corrected chi connectivity index (χ2v) is 2.87. The summed E-state index contributed by atoms with van der Waals surface area (Å²) in [5.74, 6) is 0.347. The Morgan fingerprint density at radius 3 is 1.46 bits per heavy atom. The Kier molecular flexibility index (Phi) is 41.0. The summed E-state index contributed by atoms with van der Waals surface area (Å²) in [7, 11) is -6.47. The number of aliphatic hydroxyl groups is 1. The zero-order chi connectivity index (χ0) is 9.28. The van der Waals surface area contributed by atoms with Crippen LogP contribution in [0.2, 0.25) is 0 Å². The number of alkyl halides is 1. The number of rotatable bonds is 3. The maximum absolute atomic E-state index is 9.24. The molecule has 0 aliphatic carbocycles. The van der Waals surface area contributed by atoms with Gasteiger partial charge in [-0.3, -0.25) is 0 Å². The van der Waals surface area contributed by atoms with Gasteiger partial charge in [0, 0.05) is 5.88 Å². The van der Waals surface area contributed by atoms with Crippen LogP contribution in [0.25, 0.3) is 0 Å². The third-order valence-corrected chi connectivity index (χ3v) is 1.45. The molecule has 0 spiro atoms. The van der Waals surface area contributed by atoms with Gasteiger partial charge in [-0.15, -0.1) is 11.6 Å². The summed E-state index contributed by atoms with van der Waals surface area (Å²) in [5, 5.41) is 7.74. The molecule has 0 aliphatic rings. The number of hydrogen-bond acceptors (Lipinski definition) is 6. The van der Waals surface area contributed by atoms with E-state index in [0.29, 0.717) is 5.88 Å². The van der Waals surface area contributed by atoms with Gasteiger partial charge in [0.25, 0.3) is 0 Å². The molecule has 6 nitrogen and oxygen atoms in total. The Morgan fingerprint density at radius 1 is 1.23 bits per heavy atom. The maximum Gasteiger partial charge on any atom is 1.00 e. The van der Waals surface area contributed by atoms with Gasteiger partial charge >= 0.3 is 119 Å². The van der Waals surface area contributed by atoms with Crippen molar-refractivity contribution in [3.05, 3.63) is 0 Å². The predicted octanol–water partition coefficient (Wildman–Crippen LogP) is -6.74. The van der Waals surface area contributed by atoms with Gasteiger partial charge in [0.05, 0.1) is 6.61 Å². The minimum atomic E-state index is -3.24. The van der Waals surface area contributed by atoms with E-state index in [1.165, 1.54) is 0 Å². The molecule has 0 saturated carbocycles. The fourth-order valence-electron chi connectivity index (χ4n) is 0.0544. The molecule has 0 saturated heterocycles. The molecule has 0 aromatic rings. The SMILES string of the molecule is O=[P+]([O-])O[P+](=O)[O-].OCCCl.[K+].[K+]. The van der Waals surface area contributed by atoms with E-state index in [-0.39, 0.29) is 109 Å². The third kappa shape index (κ3) is 39.0. The Morgan fingerprint density at radius 2 is 1.46 bits per heavy atom. The summed E-state index contributed by atoms with van der Waals surface area (Å²) >= 11 is 4.94. The molecule has 2 unspecified atom stereocenters. The summed E-state index contributed by atoms with van der Waals surface area (Å²) in [5.41, 5.74) is 0. The fourth-order valence-corrected chi connectivity index (χ4v) is 0.490. The Balaban J connectivity index is -0.0000000600. The minimum absolute atomic E-state index is 0. The number of halogens is 1. The summed E-state index contributed by atoms with van der Waals surface area (Å²) in [6.45, 7) is 0.0849. The van der Waals surface area contributed by atoms with Crippen molar-refractivity contribution in [3.63, 3.8) is 0 Å². The van der Waals surface area contributed by atoms with E-state index >= 15 is 0 Å². The standard InChI is InChI=1S/C2H5ClO.2K.O5P2/c3-1-2-4;;;1-6(2)5-7(3)4/h4H,1-2H2;;;/q;2*+1;. The first kappa shape index (κ1) is 25.4. The van der Waals surface area contributed by atoms with Gasteiger partial charge in [-0.2, -0.15) is 0 Å². The van der Waals surface area contributed by atoms with Gasteiger partial charge in [0.15, 0.2) is 0 Å². The fraction of sp³-hybridized carbons (Fsp3) is 1.00. The van der Waals surface area contributed by atoms with E-state index in [2.05, 4.69) is 4.31 Å². The second kappa shape index (κ2) is 20.9. The third-order valence-electron chi connectivity index (χ3n) is 0.218. The van der Waals surface area contributed by atoms with Crippen LogP contribution in [-0.4, -0.2) is 17.6 Å². The predicted molar refractivity (Wildman–Crippen MR) is 34.1 cm³/mol. The van der Waals surface area contributed by atoms with E-state index in [1.807, 2.05) is 0 Å². The van der Waals surface area contributed by atoms with Crippen molar-refractivity contribution < 1.29 is 131 Å². The van der Waals surface area contributed by atoms with Crippen molar-refractivity contribution in [2.45, 2.75) is 0 Å². The van der Waals surface area contributed by atoms with E-state index in [1.54, 1.807) is 0 Å². The van der Waals surface area contributed by atoms with Gasteiger partial charge in [-0.05, 0) is 9.13 Å². The smallest absolute Gasteiger partial charge is 0.563 e. The van der Waals surface area contributed by atoms with E-state index in [9.17, 15) is 18.9 Å². The molecule has 66 valence electrons. The van der Waals surface area contributed by atoms with Crippen molar-refractivity contribution in [3.8, 4) is 0 Å². The molecule has 0 heterocycles. The number of aliphatic hydroxyl groups excluding tert-OH is 1. The molecule has 0 bridgehead atoms. The molecule has 0 radical (unpaired) electrons. The topological polar surface area (TPSA) is 110 Å². The largest absolute Gasteiger partial charge is 1.00 e. The number of hydrogen-bond donors (Lipinski definition) is 1. The van der Waals surface area contributed by atoms with Crippen LogP contribution < -0.4 is 113 Å². The molecule has 13 heavy (non-hydrogen) atoms. The zero-order valence-electron chi connectivity index (χ0n) is 7.18. The second-order valence-electron chi connectivity index (χ2n) is 0.941. The molecular formula is C2H5ClK2O6P2+2. The molecule has 0 aromatic heterocycles. The van der Waals surface area contributed by atoms with Crippen LogP contribution in [0.15, 0.2) is 0 Å². The van der Waals surface area contributed by atoms with Crippen molar-refractivity contribution in [2.75, 3.05) is 12.5 Å². The van der Waals surface area contributed by atoms with Crippen LogP contribution in [0.3, 0.4) is 0 Å². The average Bonchev–Trinajstić information content (AvgIpc) is 1.85. The first-order valence-corrected chi connectivity index (χ1v) is 4.90. The van der Waals surface area contributed by atoms with Crippen LogP contribution in [0.5, 0.6) is 0 Å². The van der Waals surface area contributed by atoms with Crippen molar-refractivity contribution in [1.82, 2.24) is 0 Å². The van der Waals surface area contributed by atoms with Crippen LogP contribution in [0, 0.1) is 0 Å². The molecule has 2 atom stereocenters. The molecule has 11 heteroatoms. The molecule has 0 amide bonds.